The van der Waals surface area contributed by atoms with Gasteiger partial charge in [-0.2, -0.15) is 18.2 Å². The van der Waals surface area contributed by atoms with E-state index < -0.39 is 35.2 Å². The normalized spacial score (nSPS) is 11.8. The first-order valence-electron chi connectivity index (χ1n) is 5.79. The Kier molecular flexibility index (Phi) is 3.05. The highest BCUT2D eigenvalue weighted by Crippen LogP contribution is 2.29. The van der Waals surface area contributed by atoms with Gasteiger partial charge in [-0.3, -0.25) is 20.1 Å². The van der Waals surface area contributed by atoms with Crippen LogP contribution in [-0.4, -0.2) is 30.5 Å². The number of carbonyl (C=O) groups is 1. The van der Waals surface area contributed by atoms with Gasteiger partial charge in [0.25, 0.3) is 5.56 Å². The third-order valence-corrected chi connectivity index (χ3v) is 2.67. The van der Waals surface area contributed by atoms with E-state index in [1.807, 2.05) is 10.3 Å². The van der Waals surface area contributed by atoms with Gasteiger partial charge in [0.15, 0.2) is 16.9 Å². The van der Waals surface area contributed by atoms with Crippen LogP contribution in [0.3, 0.4) is 0 Å². The van der Waals surface area contributed by atoms with E-state index in [1.54, 1.807) is 0 Å². The number of aromatic amines is 2. The number of hydrogen-bond donors (Lipinski definition) is 3. The minimum atomic E-state index is -4.73. The lowest BCUT2D eigenvalue weighted by atomic mass is 10.5. The molecule has 0 aliphatic heterocycles. The SMILES string of the molecule is O=C(Nc1nc(C(F)(F)F)co1)n1cnc2c(=O)[nH]c(=O)[nH]c21. The second-order valence-corrected chi connectivity index (χ2v) is 4.19. The van der Waals surface area contributed by atoms with Crippen molar-refractivity contribution in [3.63, 3.8) is 0 Å². The number of fused-ring (bicyclic) bond motifs is 1. The summed E-state index contributed by atoms with van der Waals surface area (Å²) in [5, 5.41) is 1.94. The Hall–Kier alpha value is -3.38. The van der Waals surface area contributed by atoms with E-state index in [-0.39, 0.29) is 11.2 Å². The zero-order valence-corrected chi connectivity index (χ0v) is 10.8. The Labute approximate surface area is 122 Å². The maximum Gasteiger partial charge on any atom is 0.436 e. The number of aromatic nitrogens is 5. The number of oxazole rings is 1. The van der Waals surface area contributed by atoms with E-state index in [0.29, 0.717) is 10.8 Å². The van der Waals surface area contributed by atoms with Crippen LogP contribution in [0.4, 0.5) is 24.0 Å². The number of halogens is 3. The topological polar surface area (TPSA) is 139 Å². The van der Waals surface area contributed by atoms with Gasteiger partial charge in [-0.1, -0.05) is 0 Å². The lowest BCUT2D eigenvalue weighted by Gasteiger charge is -2.02. The molecule has 23 heavy (non-hydrogen) atoms. The molecule has 0 fully saturated rings. The van der Waals surface area contributed by atoms with Crippen LogP contribution < -0.4 is 16.6 Å². The zero-order valence-electron chi connectivity index (χ0n) is 10.8. The molecule has 10 nitrogen and oxygen atoms in total. The predicted molar refractivity (Wildman–Crippen MR) is 66.9 cm³/mol. The molecule has 0 radical (unpaired) electrons. The summed E-state index contributed by atoms with van der Waals surface area (Å²) in [6.07, 6.45) is -3.50. The molecule has 0 saturated heterocycles. The zero-order chi connectivity index (χ0) is 16.8. The molecule has 120 valence electrons. The fraction of sp³-hybridized carbons (Fsp3) is 0.100. The summed E-state index contributed by atoms with van der Waals surface area (Å²) in [5.41, 5.74) is -3.51. The van der Waals surface area contributed by atoms with Crippen molar-refractivity contribution in [2.45, 2.75) is 6.18 Å². The molecule has 3 N–H and O–H groups in total. The monoisotopic (exact) mass is 330 g/mol. The first-order chi connectivity index (χ1) is 10.8. The molecule has 0 aromatic carbocycles. The Morgan fingerprint density at radius 1 is 1.30 bits per heavy atom. The predicted octanol–water partition coefficient (Wildman–Crippen LogP) is 0.500. The second kappa shape index (κ2) is 4.82. The van der Waals surface area contributed by atoms with Crippen molar-refractivity contribution in [1.29, 1.82) is 0 Å². The number of H-pyrrole nitrogens is 2. The highest BCUT2D eigenvalue weighted by atomic mass is 19.4. The van der Waals surface area contributed by atoms with Gasteiger partial charge in [-0.25, -0.2) is 19.1 Å². The van der Waals surface area contributed by atoms with Gasteiger partial charge < -0.3 is 4.42 Å². The summed E-state index contributed by atoms with van der Waals surface area (Å²) >= 11 is 0. The Morgan fingerprint density at radius 3 is 2.70 bits per heavy atom. The Bertz CT molecular complexity index is 1010. The maximum atomic E-state index is 12.4. The van der Waals surface area contributed by atoms with Gasteiger partial charge in [-0.15, -0.1) is 0 Å². The van der Waals surface area contributed by atoms with Crippen LogP contribution in [-0.2, 0) is 6.18 Å². The van der Waals surface area contributed by atoms with E-state index >= 15 is 0 Å². The first kappa shape index (κ1) is 14.6. The molecule has 1 amide bonds. The molecular weight excluding hydrogens is 325 g/mol. The van der Waals surface area contributed by atoms with Crippen LogP contribution in [0, 0.1) is 0 Å². The third-order valence-electron chi connectivity index (χ3n) is 2.67. The van der Waals surface area contributed by atoms with E-state index in [0.717, 1.165) is 6.33 Å². The fourth-order valence-electron chi connectivity index (χ4n) is 1.70. The molecule has 0 unspecified atom stereocenters. The van der Waals surface area contributed by atoms with Crippen molar-refractivity contribution in [2.75, 3.05) is 5.32 Å². The maximum absolute atomic E-state index is 12.4. The molecule has 0 saturated carbocycles. The Morgan fingerprint density at radius 2 is 2.04 bits per heavy atom. The number of alkyl halides is 3. The minimum Gasteiger partial charge on any atom is -0.431 e. The average Bonchev–Trinajstić information content (AvgIpc) is 3.04. The largest absolute Gasteiger partial charge is 0.436 e. The molecule has 3 aromatic heterocycles. The number of amides is 1. The number of hydrogen-bond acceptors (Lipinski definition) is 6. The van der Waals surface area contributed by atoms with Gasteiger partial charge in [0.1, 0.15) is 12.6 Å². The summed E-state index contributed by atoms with van der Waals surface area (Å²) in [5.74, 6) is 0. The second-order valence-electron chi connectivity index (χ2n) is 4.19. The lowest BCUT2D eigenvalue weighted by molar-refractivity contribution is -0.141. The van der Waals surface area contributed by atoms with Gasteiger partial charge >= 0.3 is 23.9 Å². The first-order valence-corrected chi connectivity index (χ1v) is 5.79. The highest BCUT2D eigenvalue weighted by Gasteiger charge is 2.35. The van der Waals surface area contributed by atoms with Crippen molar-refractivity contribution >= 4 is 23.2 Å². The van der Waals surface area contributed by atoms with Crippen LogP contribution in [0.5, 0.6) is 0 Å². The van der Waals surface area contributed by atoms with E-state index in [1.165, 1.54) is 0 Å². The molecule has 3 rings (SSSR count). The standard InChI is InChI=1S/C10H5F3N6O4/c11-10(12,13)3-1-23-8(15-3)18-9(22)19-2-14-4-5(19)16-7(21)17-6(4)20/h1-2H,(H,15,18,22)(H2,16,17,20,21). The summed E-state index contributed by atoms with van der Waals surface area (Å²) < 4.78 is 42.3. The van der Waals surface area contributed by atoms with Gasteiger partial charge in [0.05, 0.1) is 0 Å². The van der Waals surface area contributed by atoms with Crippen molar-refractivity contribution in [1.82, 2.24) is 24.5 Å². The number of rotatable bonds is 1. The van der Waals surface area contributed by atoms with Crippen molar-refractivity contribution in [3.8, 4) is 0 Å². The van der Waals surface area contributed by atoms with Gasteiger partial charge in [0, 0.05) is 0 Å². The number of nitrogens with zero attached hydrogens (tertiary/aromatic N) is 3. The number of carbonyl (C=O) groups excluding carboxylic acids is 1. The van der Waals surface area contributed by atoms with Gasteiger partial charge in [0.2, 0.25) is 0 Å². The Balaban J connectivity index is 1.94. The molecule has 3 aromatic rings. The summed E-state index contributed by atoms with van der Waals surface area (Å²) in [6, 6.07) is -1.75. The van der Waals surface area contributed by atoms with Crippen molar-refractivity contribution in [2.24, 2.45) is 0 Å². The van der Waals surface area contributed by atoms with E-state index in [2.05, 4.69) is 19.4 Å². The van der Waals surface area contributed by atoms with Crippen LogP contribution in [0.1, 0.15) is 5.69 Å². The molecule has 13 heteroatoms. The highest BCUT2D eigenvalue weighted by molar-refractivity contribution is 5.94. The summed E-state index contributed by atoms with van der Waals surface area (Å²) in [6.45, 7) is 0. The molecule has 0 aliphatic carbocycles. The average molecular weight is 330 g/mol. The van der Waals surface area contributed by atoms with Crippen LogP contribution in [0.2, 0.25) is 0 Å². The number of anilines is 1. The summed E-state index contributed by atoms with van der Waals surface area (Å²) in [4.78, 5) is 45.4. The fourth-order valence-corrected chi connectivity index (χ4v) is 1.70. The van der Waals surface area contributed by atoms with Crippen LogP contribution >= 0.6 is 0 Å². The molecule has 3 heterocycles. The third kappa shape index (κ3) is 2.58. The van der Waals surface area contributed by atoms with E-state index in [4.69, 9.17) is 0 Å². The number of nitrogens with one attached hydrogen (secondary N) is 3. The van der Waals surface area contributed by atoms with E-state index in [9.17, 15) is 27.6 Å². The number of imidazole rings is 1. The van der Waals surface area contributed by atoms with Crippen molar-refractivity contribution < 1.29 is 22.4 Å². The molecule has 0 atom stereocenters. The molecule has 0 bridgehead atoms. The van der Waals surface area contributed by atoms with Gasteiger partial charge in [-0.05, 0) is 0 Å². The minimum absolute atomic E-state index is 0.233. The molecular formula is C10H5F3N6O4. The molecule has 0 spiro atoms. The van der Waals surface area contributed by atoms with Crippen molar-refractivity contribution in [3.05, 3.63) is 39.1 Å². The lowest BCUT2D eigenvalue weighted by Crippen LogP contribution is -2.25. The van der Waals surface area contributed by atoms with Crippen LogP contribution in [0.15, 0.2) is 26.6 Å². The van der Waals surface area contributed by atoms with Crippen LogP contribution in [0.25, 0.3) is 11.2 Å². The molecule has 0 aliphatic rings. The smallest absolute Gasteiger partial charge is 0.431 e. The summed E-state index contributed by atoms with van der Waals surface area (Å²) in [7, 11) is 0. The quantitative estimate of drug-likeness (QED) is 0.594.